The molecule has 1 saturated heterocycles. The molecule has 1 aromatic heterocycles. The minimum Gasteiger partial charge on any atom is -0.372 e. The van der Waals surface area contributed by atoms with Crippen molar-refractivity contribution in [3.8, 4) is 0 Å². The smallest absolute Gasteiger partial charge is 0.274 e. The predicted octanol–water partition coefficient (Wildman–Crippen LogP) is 0.684. The highest BCUT2D eigenvalue weighted by Crippen LogP contribution is 2.13. The molecular formula is C13H21N5O. The molecule has 1 aromatic rings. The quantitative estimate of drug-likeness (QED) is 0.869. The summed E-state index contributed by atoms with van der Waals surface area (Å²) >= 11 is 0. The number of carbonyl (C=O) groups is 1. The van der Waals surface area contributed by atoms with Gasteiger partial charge >= 0.3 is 0 Å². The molecule has 1 aliphatic heterocycles. The van der Waals surface area contributed by atoms with E-state index in [2.05, 4.69) is 34.4 Å². The number of amides is 1. The van der Waals surface area contributed by atoms with Gasteiger partial charge in [-0.25, -0.2) is 0 Å². The van der Waals surface area contributed by atoms with Gasteiger partial charge in [0, 0.05) is 32.7 Å². The lowest BCUT2D eigenvalue weighted by atomic mass is 10.1. The molecule has 104 valence electrons. The van der Waals surface area contributed by atoms with Gasteiger partial charge in [0.25, 0.3) is 5.91 Å². The number of rotatable bonds is 3. The molecule has 0 radical (unpaired) electrons. The van der Waals surface area contributed by atoms with E-state index in [1.165, 1.54) is 0 Å². The van der Waals surface area contributed by atoms with Crippen LogP contribution in [0.2, 0.25) is 0 Å². The van der Waals surface area contributed by atoms with E-state index >= 15 is 0 Å². The maximum atomic E-state index is 12.4. The largest absolute Gasteiger partial charge is 0.372 e. The lowest BCUT2D eigenvalue weighted by molar-refractivity contribution is 0.0535. The van der Waals surface area contributed by atoms with E-state index in [1.807, 2.05) is 4.90 Å². The molecule has 1 amide bonds. The zero-order chi connectivity index (χ0) is 13.8. The molecule has 0 aromatic carbocycles. The number of anilines is 1. The first-order chi connectivity index (χ1) is 9.15. The number of nitrogens with zero attached hydrogens (tertiary/aromatic N) is 4. The second-order valence-corrected chi connectivity index (χ2v) is 4.85. The molecular weight excluding hydrogens is 242 g/mol. The lowest BCUT2D eigenvalue weighted by Gasteiger charge is -2.38. The fraction of sp³-hybridized carbons (Fsp3) is 0.615. The van der Waals surface area contributed by atoms with Crippen molar-refractivity contribution >= 4 is 11.7 Å². The van der Waals surface area contributed by atoms with Crippen LogP contribution in [0.15, 0.2) is 12.1 Å². The van der Waals surface area contributed by atoms with E-state index in [-0.39, 0.29) is 5.91 Å². The summed E-state index contributed by atoms with van der Waals surface area (Å²) in [6.07, 6.45) is 1.05. The number of hydrogen-bond donors (Lipinski definition) is 1. The second kappa shape index (κ2) is 5.97. The number of carbonyl (C=O) groups excluding carboxylic acids is 1. The molecule has 6 nitrogen and oxygen atoms in total. The molecule has 0 spiro atoms. The van der Waals surface area contributed by atoms with Crippen LogP contribution in [0.5, 0.6) is 0 Å². The summed E-state index contributed by atoms with van der Waals surface area (Å²) in [7, 11) is 3.88. The summed E-state index contributed by atoms with van der Waals surface area (Å²) in [6, 6.07) is 3.93. The van der Waals surface area contributed by atoms with Gasteiger partial charge in [0.2, 0.25) is 0 Å². The van der Waals surface area contributed by atoms with Crippen LogP contribution in [-0.2, 0) is 0 Å². The molecule has 0 bridgehead atoms. The molecule has 1 unspecified atom stereocenters. The minimum atomic E-state index is -0.0262. The summed E-state index contributed by atoms with van der Waals surface area (Å²) < 4.78 is 0. The third kappa shape index (κ3) is 3.01. The van der Waals surface area contributed by atoms with Gasteiger partial charge < -0.3 is 10.2 Å². The van der Waals surface area contributed by atoms with E-state index in [0.29, 0.717) is 17.6 Å². The predicted molar refractivity (Wildman–Crippen MR) is 74.2 cm³/mol. The first-order valence-electron chi connectivity index (χ1n) is 6.66. The Bertz CT molecular complexity index is 433. The standard InChI is InChI=1S/C13H21N5O/c1-4-10-9-18(8-7-17(10)3)13(19)11-5-6-12(14-2)16-15-11/h5-6,10H,4,7-9H2,1-3H3,(H,14,16). The van der Waals surface area contributed by atoms with E-state index in [0.717, 1.165) is 26.1 Å². The van der Waals surface area contributed by atoms with Gasteiger partial charge in [0.15, 0.2) is 5.69 Å². The Morgan fingerprint density at radius 2 is 2.21 bits per heavy atom. The fourth-order valence-corrected chi connectivity index (χ4v) is 2.31. The van der Waals surface area contributed by atoms with E-state index in [4.69, 9.17) is 0 Å². The van der Waals surface area contributed by atoms with Gasteiger partial charge in [-0.3, -0.25) is 9.69 Å². The van der Waals surface area contributed by atoms with E-state index in [1.54, 1.807) is 19.2 Å². The summed E-state index contributed by atoms with van der Waals surface area (Å²) in [5.74, 6) is 0.642. The van der Waals surface area contributed by atoms with Crippen molar-refractivity contribution in [3.63, 3.8) is 0 Å². The van der Waals surface area contributed by atoms with Crippen LogP contribution in [0.3, 0.4) is 0 Å². The number of likely N-dealkylation sites (N-methyl/N-ethyl adjacent to an activating group) is 1. The van der Waals surface area contributed by atoms with Crippen LogP contribution >= 0.6 is 0 Å². The van der Waals surface area contributed by atoms with Crippen molar-refractivity contribution < 1.29 is 4.79 Å². The minimum absolute atomic E-state index is 0.0262. The molecule has 2 rings (SSSR count). The van der Waals surface area contributed by atoms with Crippen LogP contribution < -0.4 is 5.32 Å². The molecule has 1 N–H and O–H groups in total. The zero-order valence-corrected chi connectivity index (χ0v) is 11.8. The average molecular weight is 263 g/mol. The molecule has 0 saturated carbocycles. The number of hydrogen-bond acceptors (Lipinski definition) is 5. The average Bonchev–Trinajstić information content (AvgIpc) is 2.47. The van der Waals surface area contributed by atoms with Crippen LogP contribution in [0.1, 0.15) is 23.8 Å². The maximum absolute atomic E-state index is 12.4. The SMILES string of the molecule is CCC1CN(C(=O)c2ccc(NC)nn2)CCN1C. The molecule has 0 aliphatic carbocycles. The monoisotopic (exact) mass is 263 g/mol. The van der Waals surface area contributed by atoms with E-state index in [9.17, 15) is 4.79 Å². The summed E-state index contributed by atoms with van der Waals surface area (Å²) in [5.41, 5.74) is 0.415. The molecule has 19 heavy (non-hydrogen) atoms. The molecule has 1 aliphatic rings. The van der Waals surface area contributed by atoms with Gasteiger partial charge in [-0.15, -0.1) is 10.2 Å². The van der Waals surface area contributed by atoms with Crippen molar-refractivity contribution in [1.29, 1.82) is 0 Å². The fourth-order valence-electron chi connectivity index (χ4n) is 2.31. The molecule has 1 atom stereocenters. The highest BCUT2D eigenvalue weighted by Gasteiger charge is 2.27. The molecule has 6 heteroatoms. The third-order valence-corrected chi connectivity index (χ3v) is 3.68. The zero-order valence-electron chi connectivity index (χ0n) is 11.8. The van der Waals surface area contributed by atoms with Crippen LogP contribution in [0.25, 0.3) is 0 Å². The van der Waals surface area contributed by atoms with Gasteiger partial charge in [-0.05, 0) is 25.6 Å². The topological polar surface area (TPSA) is 61.4 Å². The summed E-state index contributed by atoms with van der Waals surface area (Å²) in [6.45, 7) is 4.57. The first-order valence-corrected chi connectivity index (χ1v) is 6.66. The highest BCUT2D eigenvalue weighted by molar-refractivity contribution is 5.92. The van der Waals surface area contributed by atoms with Crippen molar-refractivity contribution in [2.75, 3.05) is 39.0 Å². The normalized spacial score (nSPS) is 20.4. The third-order valence-electron chi connectivity index (χ3n) is 3.68. The lowest BCUT2D eigenvalue weighted by Crippen LogP contribution is -2.53. The van der Waals surface area contributed by atoms with Crippen LogP contribution in [0.4, 0.5) is 5.82 Å². The maximum Gasteiger partial charge on any atom is 0.274 e. The number of nitrogens with one attached hydrogen (secondary N) is 1. The summed E-state index contributed by atoms with van der Waals surface area (Å²) in [4.78, 5) is 16.5. The van der Waals surface area contributed by atoms with Crippen molar-refractivity contribution in [2.45, 2.75) is 19.4 Å². The van der Waals surface area contributed by atoms with Crippen LogP contribution in [-0.4, -0.2) is 65.7 Å². The molecule has 2 heterocycles. The highest BCUT2D eigenvalue weighted by atomic mass is 16.2. The Balaban J connectivity index is 2.06. The van der Waals surface area contributed by atoms with E-state index < -0.39 is 0 Å². The Morgan fingerprint density at radius 1 is 1.42 bits per heavy atom. The van der Waals surface area contributed by atoms with Gasteiger partial charge in [0.05, 0.1) is 0 Å². The Morgan fingerprint density at radius 3 is 2.79 bits per heavy atom. The van der Waals surface area contributed by atoms with Crippen LogP contribution in [0, 0.1) is 0 Å². The van der Waals surface area contributed by atoms with Gasteiger partial charge in [0.1, 0.15) is 5.82 Å². The van der Waals surface area contributed by atoms with Gasteiger partial charge in [-0.2, -0.15) is 0 Å². The van der Waals surface area contributed by atoms with Crippen molar-refractivity contribution in [3.05, 3.63) is 17.8 Å². The number of piperazine rings is 1. The Labute approximate surface area is 113 Å². The summed E-state index contributed by atoms with van der Waals surface area (Å²) in [5, 5.41) is 10.8. The Hall–Kier alpha value is -1.69. The van der Waals surface area contributed by atoms with Crippen molar-refractivity contribution in [1.82, 2.24) is 20.0 Å². The second-order valence-electron chi connectivity index (χ2n) is 4.85. The van der Waals surface area contributed by atoms with Crippen molar-refractivity contribution in [2.24, 2.45) is 0 Å². The Kier molecular flexibility index (Phi) is 4.31. The van der Waals surface area contributed by atoms with Gasteiger partial charge in [-0.1, -0.05) is 6.92 Å². The number of aromatic nitrogens is 2. The molecule has 1 fully saturated rings. The first kappa shape index (κ1) is 13.7.